The summed E-state index contributed by atoms with van der Waals surface area (Å²) >= 11 is 0. The maximum Gasteiger partial charge on any atom is 0.254 e. The number of rotatable bonds is 3. The van der Waals surface area contributed by atoms with E-state index >= 15 is 0 Å². The number of hydrogen-bond donors (Lipinski definition) is 2. The number of H-pyrrole nitrogens is 1. The highest BCUT2D eigenvalue weighted by Gasteiger charge is 2.17. The fourth-order valence-corrected chi connectivity index (χ4v) is 2.19. The molecule has 2 N–H and O–H groups in total. The summed E-state index contributed by atoms with van der Waals surface area (Å²) in [6, 6.07) is 9.87. The first-order valence-corrected chi connectivity index (χ1v) is 6.75. The number of fused-ring (bicyclic) bond motifs is 1. The number of imidazole rings is 1. The van der Waals surface area contributed by atoms with Gasteiger partial charge in [-0.15, -0.1) is 0 Å². The van der Waals surface area contributed by atoms with Gasteiger partial charge in [-0.3, -0.25) is 4.79 Å². The fourth-order valence-electron chi connectivity index (χ4n) is 2.19. The average molecular weight is 301 g/mol. The Hall–Kier alpha value is -2.76. The van der Waals surface area contributed by atoms with Gasteiger partial charge < -0.3 is 10.3 Å². The van der Waals surface area contributed by atoms with Crippen molar-refractivity contribution in [3.05, 3.63) is 65.5 Å². The van der Waals surface area contributed by atoms with E-state index in [0.29, 0.717) is 11.9 Å². The Balaban J connectivity index is 1.81. The van der Waals surface area contributed by atoms with Gasteiger partial charge in [-0.25, -0.2) is 13.8 Å². The van der Waals surface area contributed by atoms with Crippen molar-refractivity contribution in [1.29, 1.82) is 0 Å². The zero-order valence-corrected chi connectivity index (χ0v) is 11.7. The standard InChI is InChI=1S/C16H13F2N3O/c1-9(15-20-13-4-2-3-5-14(13)21-15)19-16(22)11-7-6-10(17)8-12(11)18/h2-9H,1H3,(H,19,22)(H,20,21)/t9-/m0/s1. The molecule has 0 spiro atoms. The van der Waals surface area contributed by atoms with Gasteiger partial charge in [0.1, 0.15) is 17.5 Å². The molecule has 22 heavy (non-hydrogen) atoms. The predicted octanol–water partition coefficient (Wildman–Crippen LogP) is 3.33. The molecule has 3 rings (SSSR count). The Bertz CT molecular complexity index is 811. The van der Waals surface area contributed by atoms with Gasteiger partial charge in [-0.1, -0.05) is 12.1 Å². The molecule has 0 aliphatic carbocycles. The second kappa shape index (κ2) is 5.55. The number of nitrogens with one attached hydrogen (secondary N) is 2. The van der Waals surface area contributed by atoms with Crippen LogP contribution in [0.25, 0.3) is 11.0 Å². The summed E-state index contributed by atoms with van der Waals surface area (Å²) in [5, 5.41) is 2.64. The maximum atomic E-state index is 13.6. The van der Waals surface area contributed by atoms with E-state index in [1.807, 2.05) is 24.3 Å². The summed E-state index contributed by atoms with van der Waals surface area (Å²) in [4.78, 5) is 19.5. The van der Waals surface area contributed by atoms with E-state index in [1.165, 1.54) is 0 Å². The van der Waals surface area contributed by atoms with Gasteiger partial charge >= 0.3 is 0 Å². The first kappa shape index (κ1) is 14.2. The lowest BCUT2D eigenvalue weighted by Gasteiger charge is -2.11. The number of aromatic nitrogens is 2. The molecule has 0 saturated heterocycles. The molecule has 1 atom stereocenters. The molecule has 0 fully saturated rings. The minimum absolute atomic E-state index is 0.204. The Labute approximate surface area is 125 Å². The molecule has 4 nitrogen and oxygen atoms in total. The lowest BCUT2D eigenvalue weighted by molar-refractivity contribution is 0.0934. The summed E-state index contributed by atoms with van der Waals surface area (Å²) in [5.74, 6) is -1.67. The number of carbonyl (C=O) groups is 1. The van der Waals surface area contributed by atoms with Crippen LogP contribution in [0.2, 0.25) is 0 Å². The average Bonchev–Trinajstić information content (AvgIpc) is 2.91. The molecular formula is C16H13F2N3O. The van der Waals surface area contributed by atoms with Gasteiger partial charge in [-0.2, -0.15) is 0 Å². The molecule has 0 aliphatic rings. The van der Waals surface area contributed by atoms with Gasteiger partial charge in [0.2, 0.25) is 0 Å². The minimum Gasteiger partial charge on any atom is -0.342 e. The Morgan fingerprint density at radius 3 is 2.73 bits per heavy atom. The lowest BCUT2D eigenvalue weighted by Crippen LogP contribution is -2.28. The van der Waals surface area contributed by atoms with E-state index in [1.54, 1.807) is 6.92 Å². The zero-order valence-electron chi connectivity index (χ0n) is 11.7. The monoisotopic (exact) mass is 301 g/mol. The second-order valence-corrected chi connectivity index (χ2v) is 4.96. The third-order valence-corrected chi connectivity index (χ3v) is 3.34. The van der Waals surface area contributed by atoms with Crippen LogP contribution < -0.4 is 5.32 Å². The summed E-state index contributed by atoms with van der Waals surface area (Å²) in [7, 11) is 0. The Morgan fingerprint density at radius 1 is 1.23 bits per heavy atom. The van der Waals surface area contributed by atoms with Crippen molar-refractivity contribution >= 4 is 16.9 Å². The summed E-state index contributed by atoms with van der Waals surface area (Å²) in [5.41, 5.74) is 1.43. The van der Waals surface area contributed by atoms with Gasteiger partial charge in [-0.05, 0) is 31.2 Å². The highest BCUT2D eigenvalue weighted by molar-refractivity contribution is 5.94. The van der Waals surface area contributed by atoms with E-state index in [9.17, 15) is 13.6 Å². The van der Waals surface area contributed by atoms with Crippen LogP contribution in [0.1, 0.15) is 29.1 Å². The van der Waals surface area contributed by atoms with Gasteiger partial charge in [0.15, 0.2) is 0 Å². The maximum absolute atomic E-state index is 13.6. The van der Waals surface area contributed by atoms with E-state index in [-0.39, 0.29) is 5.56 Å². The molecule has 0 bridgehead atoms. The number of aromatic amines is 1. The molecule has 0 aliphatic heterocycles. The summed E-state index contributed by atoms with van der Waals surface area (Å²) in [6.45, 7) is 1.73. The van der Waals surface area contributed by atoms with E-state index < -0.39 is 23.6 Å². The molecule has 1 heterocycles. The molecule has 112 valence electrons. The highest BCUT2D eigenvalue weighted by Crippen LogP contribution is 2.17. The first-order valence-electron chi connectivity index (χ1n) is 6.75. The van der Waals surface area contributed by atoms with E-state index in [4.69, 9.17) is 0 Å². The molecule has 0 saturated carbocycles. The smallest absolute Gasteiger partial charge is 0.254 e. The molecule has 0 unspecified atom stereocenters. The van der Waals surface area contributed by atoms with Gasteiger partial charge in [0.25, 0.3) is 5.91 Å². The highest BCUT2D eigenvalue weighted by atomic mass is 19.1. The molecule has 1 aromatic heterocycles. The third-order valence-electron chi connectivity index (χ3n) is 3.34. The molecule has 3 aromatic rings. The van der Waals surface area contributed by atoms with Crippen LogP contribution in [0.4, 0.5) is 8.78 Å². The van der Waals surface area contributed by atoms with Crippen LogP contribution in [-0.2, 0) is 0 Å². The van der Waals surface area contributed by atoms with Gasteiger partial charge in [0.05, 0.1) is 22.6 Å². The van der Waals surface area contributed by atoms with Crippen molar-refractivity contribution in [3.63, 3.8) is 0 Å². The van der Waals surface area contributed by atoms with Crippen molar-refractivity contribution in [3.8, 4) is 0 Å². The number of hydrogen-bond acceptors (Lipinski definition) is 2. The molecule has 2 aromatic carbocycles. The van der Waals surface area contributed by atoms with Crippen molar-refractivity contribution in [2.75, 3.05) is 0 Å². The number of nitrogens with zero attached hydrogens (tertiary/aromatic N) is 1. The lowest BCUT2D eigenvalue weighted by atomic mass is 10.2. The van der Waals surface area contributed by atoms with Crippen LogP contribution in [0.15, 0.2) is 42.5 Å². The minimum atomic E-state index is -0.894. The van der Waals surface area contributed by atoms with Crippen LogP contribution in [-0.4, -0.2) is 15.9 Å². The van der Waals surface area contributed by atoms with Crippen molar-refractivity contribution < 1.29 is 13.6 Å². The molecule has 0 radical (unpaired) electrons. The van der Waals surface area contributed by atoms with Crippen molar-refractivity contribution in [1.82, 2.24) is 15.3 Å². The van der Waals surface area contributed by atoms with Crippen LogP contribution >= 0.6 is 0 Å². The summed E-state index contributed by atoms with van der Waals surface area (Å²) < 4.78 is 26.5. The molecule has 6 heteroatoms. The normalized spacial score (nSPS) is 12.3. The number of para-hydroxylation sites is 2. The predicted molar refractivity (Wildman–Crippen MR) is 78.3 cm³/mol. The van der Waals surface area contributed by atoms with E-state index in [0.717, 1.165) is 23.2 Å². The number of benzene rings is 2. The molecule has 1 amide bonds. The number of amides is 1. The van der Waals surface area contributed by atoms with Crippen LogP contribution in [0.3, 0.4) is 0 Å². The number of carbonyl (C=O) groups excluding carboxylic acids is 1. The van der Waals surface area contributed by atoms with Gasteiger partial charge in [0, 0.05) is 6.07 Å². The first-order chi connectivity index (χ1) is 10.5. The van der Waals surface area contributed by atoms with Crippen molar-refractivity contribution in [2.24, 2.45) is 0 Å². The second-order valence-electron chi connectivity index (χ2n) is 4.96. The number of halogens is 2. The SMILES string of the molecule is C[C@H](NC(=O)c1ccc(F)cc1F)c1nc2ccccc2[nH]1. The van der Waals surface area contributed by atoms with Crippen LogP contribution in [0.5, 0.6) is 0 Å². The topological polar surface area (TPSA) is 57.8 Å². The third kappa shape index (κ3) is 2.67. The largest absolute Gasteiger partial charge is 0.342 e. The van der Waals surface area contributed by atoms with E-state index in [2.05, 4.69) is 15.3 Å². The van der Waals surface area contributed by atoms with Crippen molar-refractivity contribution in [2.45, 2.75) is 13.0 Å². The quantitative estimate of drug-likeness (QED) is 0.779. The summed E-state index contributed by atoms with van der Waals surface area (Å²) in [6.07, 6.45) is 0. The Morgan fingerprint density at radius 2 is 2.00 bits per heavy atom. The van der Waals surface area contributed by atoms with Crippen LogP contribution in [0, 0.1) is 11.6 Å². The molecular weight excluding hydrogens is 288 g/mol. The Kier molecular flexibility index (Phi) is 3.58. The zero-order chi connectivity index (χ0) is 15.7. The fraction of sp³-hybridized carbons (Fsp3) is 0.125.